The number of allylic oxidation sites excluding steroid dienone is 1. The van der Waals surface area contributed by atoms with Gasteiger partial charge in [-0.1, -0.05) is 65.7 Å². The minimum absolute atomic E-state index is 0.176. The van der Waals surface area contributed by atoms with Crippen LogP contribution < -0.4 is 15.4 Å². The summed E-state index contributed by atoms with van der Waals surface area (Å²) in [6, 6.07) is 22.3. The summed E-state index contributed by atoms with van der Waals surface area (Å²) in [5.41, 5.74) is 3.51. The number of anilines is 2. The third-order valence-corrected chi connectivity index (χ3v) is 6.23. The quantitative estimate of drug-likeness (QED) is 0.293. The van der Waals surface area contributed by atoms with Gasteiger partial charge in [0.1, 0.15) is 11.8 Å². The minimum Gasteiger partial charge on any atom is -0.497 e. The number of rotatable bonds is 6. The van der Waals surface area contributed by atoms with Crippen LogP contribution in [-0.4, -0.2) is 27.8 Å². The first-order valence-corrected chi connectivity index (χ1v) is 11.8. The monoisotopic (exact) mass is 517 g/mol. The van der Waals surface area contributed by atoms with Gasteiger partial charge in [-0.05, 0) is 59.2 Å². The second-order valence-electron chi connectivity index (χ2n) is 7.98. The van der Waals surface area contributed by atoms with E-state index in [2.05, 4.69) is 26.8 Å². The van der Waals surface area contributed by atoms with Crippen molar-refractivity contribution in [3.05, 3.63) is 112 Å². The summed E-state index contributed by atoms with van der Waals surface area (Å²) >= 11 is 12.2. The first-order chi connectivity index (χ1) is 17.5. The normalized spacial score (nSPS) is 14.6. The molecular formula is C27H21Cl2N5O2. The largest absolute Gasteiger partial charge is 0.497 e. The molecule has 36 heavy (non-hydrogen) atoms. The molecule has 9 heteroatoms. The van der Waals surface area contributed by atoms with E-state index in [0.29, 0.717) is 16.0 Å². The van der Waals surface area contributed by atoms with E-state index in [1.807, 2.05) is 66.7 Å². The zero-order chi connectivity index (χ0) is 25.1. The standard InChI is InChI=1S/C27H21Cl2N5O2/c1-36-21-13-8-19(9-14-21)24-16-23(18-6-11-20(28)12-7-18)30-27-32-26(33-34(24)27)31-25(35)15-10-17-4-2-3-5-22(17)29/h2-16,24H,1H3,(H2,30,31,32,33,35)/b15-10+. The van der Waals surface area contributed by atoms with Gasteiger partial charge in [0.25, 0.3) is 11.9 Å². The van der Waals surface area contributed by atoms with Crippen LogP contribution >= 0.6 is 23.2 Å². The van der Waals surface area contributed by atoms with Gasteiger partial charge in [-0.25, -0.2) is 4.68 Å². The molecule has 0 radical (unpaired) electrons. The van der Waals surface area contributed by atoms with Crippen LogP contribution in [0.25, 0.3) is 11.8 Å². The lowest BCUT2D eigenvalue weighted by atomic mass is 10.0. The summed E-state index contributed by atoms with van der Waals surface area (Å²) in [5, 5.41) is 11.8. The predicted octanol–water partition coefficient (Wildman–Crippen LogP) is 6.30. The summed E-state index contributed by atoms with van der Waals surface area (Å²) < 4.78 is 7.03. The molecule has 1 atom stereocenters. The third-order valence-electron chi connectivity index (χ3n) is 5.63. The van der Waals surface area contributed by atoms with Crippen molar-refractivity contribution in [2.24, 2.45) is 0 Å². The summed E-state index contributed by atoms with van der Waals surface area (Å²) in [4.78, 5) is 17.1. The Hall–Kier alpha value is -4.07. The Bertz CT molecular complexity index is 1460. The zero-order valence-corrected chi connectivity index (χ0v) is 20.7. The van der Waals surface area contributed by atoms with Crippen molar-refractivity contribution in [2.75, 3.05) is 17.7 Å². The van der Waals surface area contributed by atoms with Gasteiger partial charge in [-0.3, -0.25) is 10.1 Å². The molecule has 4 aromatic rings. The van der Waals surface area contributed by atoms with Crippen molar-refractivity contribution in [3.63, 3.8) is 0 Å². The molecule has 0 aliphatic carbocycles. The van der Waals surface area contributed by atoms with E-state index in [9.17, 15) is 4.79 Å². The molecule has 1 amide bonds. The van der Waals surface area contributed by atoms with Crippen LogP contribution in [-0.2, 0) is 4.79 Å². The minimum atomic E-state index is -0.371. The molecule has 0 fully saturated rings. The highest BCUT2D eigenvalue weighted by molar-refractivity contribution is 6.32. The SMILES string of the molecule is COc1ccc(C2C=C(c3ccc(Cl)cc3)Nc3nc(NC(=O)/C=C/c4ccccc4Cl)nn32)cc1. The molecule has 1 aromatic heterocycles. The molecule has 0 spiro atoms. The van der Waals surface area contributed by atoms with Gasteiger partial charge < -0.3 is 10.1 Å². The Kier molecular flexibility index (Phi) is 6.75. The number of nitrogens with one attached hydrogen (secondary N) is 2. The van der Waals surface area contributed by atoms with E-state index >= 15 is 0 Å². The van der Waals surface area contributed by atoms with Crippen LogP contribution in [0.15, 0.2) is 84.9 Å². The highest BCUT2D eigenvalue weighted by atomic mass is 35.5. The van der Waals surface area contributed by atoms with Crippen molar-refractivity contribution in [2.45, 2.75) is 6.04 Å². The zero-order valence-electron chi connectivity index (χ0n) is 19.2. The molecular weight excluding hydrogens is 497 g/mol. The van der Waals surface area contributed by atoms with E-state index < -0.39 is 0 Å². The number of hydrogen-bond donors (Lipinski definition) is 2. The van der Waals surface area contributed by atoms with Crippen molar-refractivity contribution >= 4 is 52.8 Å². The van der Waals surface area contributed by atoms with Crippen LogP contribution in [0, 0.1) is 0 Å². The van der Waals surface area contributed by atoms with Crippen molar-refractivity contribution < 1.29 is 9.53 Å². The summed E-state index contributed by atoms with van der Waals surface area (Å²) in [7, 11) is 1.63. The number of amides is 1. The van der Waals surface area contributed by atoms with Crippen molar-refractivity contribution in [3.8, 4) is 5.75 Å². The number of hydrogen-bond acceptors (Lipinski definition) is 5. The number of fused-ring (bicyclic) bond motifs is 1. The van der Waals surface area contributed by atoms with E-state index in [0.717, 1.165) is 28.1 Å². The molecule has 0 saturated carbocycles. The van der Waals surface area contributed by atoms with Gasteiger partial charge in [-0.15, -0.1) is 5.10 Å². The Balaban J connectivity index is 1.44. The Morgan fingerprint density at radius 3 is 2.53 bits per heavy atom. The lowest BCUT2D eigenvalue weighted by molar-refractivity contribution is -0.111. The molecule has 7 nitrogen and oxygen atoms in total. The fourth-order valence-corrected chi connectivity index (χ4v) is 4.13. The second-order valence-corrected chi connectivity index (χ2v) is 8.82. The molecule has 2 heterocycles. The number of carbonyl (C=O) groups is 1. The predicted molar refractivity (Wildman–Crippen MR) is 143 cm³/mol. The maximum absolute atomic E-state index is 12.6. The van der Waals surface area contributed by atoms with Gasteiger partial charge >= 0.3 is 0 Å². The number of methoxy groups -OCH3 is 1. The van der Waals surface area contributed by atoms with Gasteiger partial charge in [0, 0.05) is 21.8 Å². The lowest BCUT2D eigenvalue weighted by Crippen LogP contribution is -2.20. The average Bonchev–Trinajstić information content (AvgIpc) is 3.30. The van der Waals surface area contributed by atoms with Gasteiger partial charge in [-0.2, -0.15) is 4.98 Å². The molecule has 1 aliphatic heterocycles. The molecule has 1 aliphatic rings. The smallest absolute Gasteiger partial charge is 0.250 e. The van der Waals surface area contributed by atoms with E-state index in [1.54, 1.807) is 23.9 Å². The third kappa shape index (κ3) is 5.12. The molecule has 2 N–H and O–H groups in total. The van der Waals surface area contributed by atoms with Gasteiger partial charge in [0.15, 0.2) is 0 Å². The average molecular weight is 518 g/mol. The van der Waals surface area contributed by atoms with Crippen molar-refractivity contribution in [1.82, 2.24) is 14.8 Å². The van der Waals surface area contributed by atoms with Crippen LogP contribution in [0.1, 0.15) is 22.7 Å². The van der Waals surface area contributed by atoms with E-state index in [1.165, 1.54) is 6.08 Å². The summed E-state index contributed by atoms with van der Waals surface area (Å²) in [6.07, 6.45) is 5.09. The number of nitrogens with zero attached hydrogens (tertiary/aromatic N) is 3. The first kappa shape index (κ1) is 23.7. The molecule has 0 bridgehead atoms. The summed E-state index contributed by atoms with van der Waals surface area (Å²) in [6.45, 7) is 0. The Morgan fingerprint density at radius 2 is 1.81 bits per heavy atom. The topological polar surface area (TPSA) is 81.1 Å². The Morgan fingerprint density at radius 1 is 1.06 bits per heavy atom. The van der Waals surface area contributed by atoms with E-state index in [-0.39, 0.29) is 17.9 Å². The van der Waals surface area contributed by atoms with E-state index in [4.69, 9.17) is 27.9 Å². The van der Waals surface area contributed by atoms with Gasteiger partial charge in [0.05, 0.1) is 7.11 Å². The number of halogens is 2. The fourth-order valence-electron chi connectivity index (χ4n) is 3.81. The number of benzene rings is 3. The summed E-state index contributed by atoms with van der Waals surface area (Å²) in [5.74, 6) is 1.06. The van der Waals surface area contributed by atoms with Crippen LogP contribution in [0.3, 0.4) is 0 Å². The second kappa shape index (κ2) is 10.3. The lowest BCUT2D eigenvalue weighted by Gasteiger charge is -2.24. The van der Waals surface area contributed by atoms with Crippen LogP contribution in [0.2, 0.25) is 10.0 Å². The molecule has 1 unspecified atom stereocenters. The number of aromatic nitrogens is 3. The number of carbonyl (C=O) groups excluding carboxylic acids is 1. The highest BCUT2D eigenvalue weighted by Gasteiger charge is 2.25. The maximum atomic E-state index is 12.6. The van der Waals surface area contributed by atoms with Gasteiger partial charge in [0.2, 0.25) is 5.95 Å². The van der Waals surface area contributed by atoms with Crippen LogP contribution in [0.5, 0.6) is 5.75 Å². The number of ether oxygens (including phenoxy) is 1. The van der Waals surface area contributed by atoms with Crippen molar-refractivity contribution in [1.29, 1.82) is 0 Å². The first-order valence-electron chi connectivity index (χ1n) is 11.1. The maximum Gasteiger partial charge on any atom is 0.250 e. The fraction of sp³-hybridized carbons (Fsp3) is 0.0741. The molecule has 180 valence electrons. The molecule has 3 aromatic carbocycles. The Labute approximate surface area is 218 Å². The highest BCUT2D eigenvalue weighted by Crippen LogP contribution is 2.34. The van der Waals surface area contributed by atoms with Crippen LogP contribution in [0.4, 0.5) is 11.9 Å². The molecule has 5 rings (SSSR count). The molecule has 0 saturated heterocycles.